The molecule has 3 nitrogen and oxygen atoms in total. The predicted octanol–water partition coefficient (Wildman–Crippen LogP) is 14.1. The van der Waals surface area contributed by atoms with Crippen LogP contribution in [0.4, 0.5) is 0 Å². The average molecular weight is 914 g/mol. The van der Waals surface area contributed by atoms with Crippen molar-refractivity contribution in [3.8, 4) is 0 Å². The van der Waals surface area contributed by atoms with E-state index in [1.165, 1.54) is 128 Å². The van der Waals surface area contributed by atoms with E-state index < -0.39 is 53.8 Å². The molecule has 0 radical (unpaired) electrons. The number of unbranched alkanes of at least 4 members (excludes halogenated alkanes) is 7. The van der Waals surface area contributed by atoms with Gasteiger partial charge in [0.05, 0.1) is 0 Å². The summed E-state index contributed by atoms with van der Waals surface area (Å²) in [5.41, 5.74) is 3.47. The molecule has 48 heavy (non-hydrogen) atoms. The van der Waals surface area contributed by atoms with E-state index in [0.29, 0.717) is 6.42 Å². The van der Waals surface area contributed by atoms with Crippen molar-refractivity contribution in [2.45, 2.75) is 184 Å². The molecule has 1 aromatic rings. The molecular weight excluding hydrogens is 839 g/mol. The summed E-state index contributed by atoms with van der Waals surface area (Å²) in [6, 6.07) is 11.4. The van der Waals surface area contributed by atoms with E-state index in [1.54, 1.807) is 11.1 Å². The fraction of sp³-hybridized carbons (Fsp3) is 0.756. The molecule has 0 N–H and O–H groups in total. The fourth-order valence-corrected chi connectivity index (χ4v) is 73.1. The van der Waals surface area contributed by atoms with Crippen molar-refractivity contribution >= 4 is 59.1 Å². The zero-order valence-corrected chi connectivity index (χ0v) is 39.9. The zero-order chi connectivity index (χ0) is 35.1. The summed E-state index contributed by atoms with van der Waals surface area (Å²) < 4.78 is 47.2. The van der Waals surface area contributed by atoms with E-state index in [1.807, 2.05) is 6.66 Å². The Morgan fingerprint density at radius 2 is 0.917 bits per heavy atom. The summed E-state index contributed by atoms with van der Waals surface area (Å²) in [6.07, 6.45) is 20.5. The van der Waals surface area contributed by atoms with Gasteiger partial charge in [-0.3, -0.25) is 0 Å². The molecule has 1 aliphatic heterocycles. The summed E-state index contributed by atoms with van der Waals surface area (Å²) in [5, 5.41) is 1.33. The van der Waals surface area contributed by atoms with Crippen LogP contribution in [0.25, 0.3) is 0 Å². The molecule has 1 fully saturated rings. The Labute approximate surface area is 307 Å². The molecule has 7 heteroatoms. The Balaban J connectivity index is 2.68. The van der Waals surface area contributed by atoms with E-state index in [9.17, 15) is 8.42 Å². The van der Waals surface area contributed by atoms with Crippen molar-refractivity contribution < 1.29 is 8.42 Å². The van der Waals surface area contributed by atoms with Crippen LogP contribution in [0.1, 0.15) is 158 Å². The molecule has 1 heterocycles. The standard InChI is InChI=1S/C17H20NO2PS.6C4H9.2Sn/c1-2-3-12-22(19,20)18-21(17-10-5-4-6-11-17)13-15-8-7-9-16(15)14-21;6*1-3-4-2;;/h4-6,10-11H,2-3,7-9,12H2,1H3;6*1,3-4H2,2H3;;. The molecule has 1 aromatic carbocycles. The zero-order valence-electron chi connectivity index (χ0n) is 32.5. The molecule has 3 rings (SSSR count). The number of fused-ring (bicyclic) bond motifs is 1. The van der Waals surface area contributed by atoms with Crippen molar-refractivity contribution in [3.05, 3.63) is 48.1 Å². The Morgan fingerprint density at radius 1 is 0.562 bits per heavy atom. The second-order valence-electron chi connectivity index (χ2n) is 15.4. The normalized spacial score (nSPS) is 16.6. The van der Waals surface area contributed by atoms with Gasteiger partial charge in [0.25, 0.3) is 0 Å². The molecule has 0 amide bonds. The second-order valence-corrected chi connectivity index (χ2v) is 48.7. The molecule has 0 spiro atoms. The molecule has 0 aromatic heterocycles. The van der Waals surface area contributed by atoms with Gasteiger partial charge in [-0.15, -0.1) is 0 Å². The van der Waals surface area contributed by atoms with Crippen molar-refractivity contribution in [2.24, 2.45) is 4.15 Å². The minimum absolute atomic E-state index is 0.214. The van der Waals surface area contributed by atoms with Crippen LogP contribution in [0.3, 0.4) is 0 Å². The van der Waals surface area contributed by atoms with Gasteiger partial charge in [-0.2, -0.15) is 0 Å². The molecule has 0 unspecified atom stereocenters. The van der Waals surface area contributed by atoms with E-state index in [-0.39, 0.29) is 5.75 Å². The SMILES string of the molecule is CCCCS(=O)(=O)N=P1(c2ccccc2)[C]([Sn]([CH2]CCC)([CH2]CCC)[CH2]CCC)=C2CCCC2=[C]1[Sn]([CH2]CCC)([CH2]CCC)[CH2]CCC. The fourth-order valence-electron chi connectivity index (χ4n) is 9.23. The average Bonchev–Trinajstić information content (AvgIpc) is 3.66. The van der Waals surface area contributed by atoms with Gasteiger partial charge in [0, 0.05) is 0 Å². The van der Waals surface area contributed by atoms with E-state index >= 15 is 0 Å². The molecule has 0 bridgehead atoms. The summed E-state index contributed by atoms with van der Waals surface area (Å²) in [7, 11) is -6.26. The van der Waals surface area contributed by atoms with Crippen LogP contribution in [0, 0.1) is 0 Å². The van der Waals surface area contributed by atoms with Gasteiger partial charge in [-0.25, -0.2) is 0 Å². The van der Waals surface area contributed by atoms with Crippen LogP contribution in [0.15, 0.2) is 52.3 Å². The second kappa shape index (κ2) is 21.2. The van der Waals surface area contributed by atoms with E-state index in [2.05, 4.69) is 78.8 Å². The molecule has 0 saturated heterocycles. The molecule has 274 valence electrons. The van der Waals surface area contributed by atoms with Crippen molar-refractivity contribution in [3.63, 3.8) is 0 Å². The first-order chi connectivity index (χ1) is 23.2. The summed E-state index contributed by atoms with van der Waals surface area (Å²) in [4.78, 5) is 0. The summed E-state index contributed by atoms with van der Waals surface area (Å²) in [5.74, 6) is 0.214. The van der Waals surface area contributed by atoms with Gasteiger partial charge in [0.2, 0.25) is 0 Å². The van der Waals surface area contributed by atoms with Gasteiger partial charge in [0.1, 0.15) is 0 Å². The Bertz CT molecular complexity index is 1250. The number of rotatable bonds is 25. The number of sulfonamides is 1. The molecular formula is C41H74NO2PSSn2. The first-order valence-electron chi connectivity index (χ1n) is 20.6. The Kier molecular flexibility index (Phi) is 19.0. The van der Waals surface area contributed by atoms with E-state index in [4.69, 9.17) is 4.15 Å². The Morgan fingerprint density at radius 3 is 1.25 bits per heavy atom. The van der Waals surface area contributed by atoms with Gasteiger partial charge in [0.15, 0.2) is 0 Å². The van der Waals surface area contributed by atoms with Crippen LogP contribution >= 0.6 is 7.05 Å². The third kappa shape index (κ3) is 10.1. The van der Waals surface area contributed by atoms with Gasteiger partial charge in [-0.05, 0) is 0 Å². The first-order valence-corrected chi connectivity index (χ1v) is 38.9. The Hall–Kier alpha value is 0.477. The summed E-state index contributed by atoms with van der Waals surface area (Å²) >= 11 is -6.42. The third-order valence-corrected chi connectivity index (χ3v) is 59.1. The van der Waals surface area contributed by atoms with Crippen molar-refractivity contribution in [2.75, 3.05) is 5.75 Å². The number of hydrogen-bond acceptors (Lipinski definition) is 2. The quantitative estimate of drug-likeness (QED) is 0.0725. The van der Waals surface area contributed by atoms with Crippen LogP contribution < -0.4 is 5.30 Å². The van der Waals surface area contributed by atoms with Crippen molar-refractivity contribution in [1.82, 2.24) is 0 Å². The molecule has 1 saturated carbocycles. The van der Waals surface area contributed by atoms with Crippen LogP contribution in [-0.4, -0.2) is 50.9 Å². The molecule has 0 atom stereocenters. The van der Waals surface area contributed by atoms with Gasteiger partial charge in [-0.1, -0.05) is 0 Å². The maximum atomic E-state index is 14.7. The van der Waals surface area contributed by atoms with Gasteiger partial charge >= 0.3 is 310 Å². The molecule has 1 aliphatic carbocycles. The number of hydrogen-bond donors (Lipinski definition) is 0. The monoisotopic (exact) mass is 915 g/mol. The van der Waals surface area contributed by atoms with E-state index in [0.717, 1.165) is 6.42 Å². The third-order valence-electron chi connectivity index (χ3n) is 11.6. The molecule has 2 aliphatic rings. The van der Waals surface area contributed by atoms with Crippen LogP contribution in [-0.2, 0) is 10.0 Å². The minimum atomic E-state index is -3.60. The number of benzene rings is 1. The van der Waals surface area contributed by atoms with Gasteiger partial charge < -0.3 is 0 Å². The predicted molar refractivity (Wildman–Crippen MR) is 222 cm³/mol. The number of allylic oxidation sites excluding steroid dienone is 2. The summed E-state index contributed by atoms with van der Waals surface area (Å²) in [6.45, 7) is 16.4. The first kappa shape index (κ1) is 42.9. The number of nitrogens with zero attached hydrogens (tertiary/aromatic N) is 1. The van der Waals surface area contributed by atoms with Crippen molar-refractivity contribution in [1.29, 1.82) is 0 Å². The van der Waals surface area contributed by atoms with Crippen LogP contribution in [0.2, 0.25) is 26.6 Å². The topological polar surface area (TPSA) is 46.5 Å². The van der Waals surface area contributed by atoms with Crippen LogP contribution in [0.5, 0.6) is 0 Å². The maximum absolute atomic E-state index is 14.7.